The van der Waals surface area contributed by atoms with Gasteiger partial charge in [-0.25, -0.2) is 0 Å². The van der Waals surface area contributed by atoms with Gasteiger partial charge < -0.3 is 18.9 Å². The molecule has 1 heterocycles. The van der Waals surface area contributed by atoms with Gasteiger partial charge >= 0.3 is 7.60 Å². The summed E-state index contributed by atoms with van der Waals surface area (Å²) in [7, 11) is -4.00. The third kappa shape index (κ3) is 6.64. The van der Waals surface area contributed by atoms with Crippen LogP contribution in [-0.4, -0.2) is 21.3 Å². The molecule has 0 radical (unpaired) electrons. The van der Waals surface area contributed by atoms with Crippen LogP contribution in [0.2, 0.25) is 0 Å². The van der Waals surface area contributed by atoms with Crippen molar-refractivity contribution in [2.45, 2.75) is 79.0 Å². The molecule has 0 aliphatic heterocycles. The van der Waals surface area contributed by atoms with Crippen LogP contribution >= 0.6 is 7.60 Å². The second-order valence-corrected chi connectivity index (χ2v) is 11.3. The van der Waals surface area contributed by atoms with Crippen LogP contribution in [0.1, 0.15) is 69.8 Å². The maximum absolute atomic E-state index is 13.9. The van der Waals surface area contributed by atoms with Crippen LogP contribution in [0.25, 0.3) is 0 Å². The Labute approximate surface area is 180 Å². The fourth-order valence-electron chi connectivity index (χ4n) is 2.97. The lowest BCUT2D eigenvalue weighted by molar-refractivity contribution is 0.0265. The number of hydrogen-bond donors (Lipinski definition) is 1. The normalized spacial score (nSPS) is 13.9. The van der Waals surface area contributed by atoms with E-state index in [9.17, 15) is 9.67 Å². The maximum Gasteiger partial charge on any atom is 0.364 e. The minimum atomic E-state index is -4.00. The Balaban J connectivity index is 2.50. The summed E-state index contributed by atoms with van der Waals surface area (Å²) >= 11 is 0. The molecule has 1 unspecified atom stereocenters. The van der Waals surface area contributed by atoms with Crippen molar-refractivity contribution >= 4 is 7.60 Å². The number of aliphatic hydroxyl groups excluding tert-OH is 1. The molecule has 166 valence electrons. The zero-order valence-corrected chi connectivity index (χ0v) is 20.1. The third-order valence-electron chi connectivity index (χ3n) is 4.04. The van der Waals surface area contributed by atoms with Crippen LogP contribution in [-0.2, 0) is 20.2 Å². The van der Waals surface area contributed by atoms with Crippen molar-refractivity contribution in [3.8, 4) is 5.75 Å². The molecule has 0 saturated heterocycles. The van der Waals surface area contributed by atoms with Crippen molar-refractivity contribution in [1.82, 2.24) is 4.98 Å². The van der Waals surface area contributed by atoms with Crippen molar-refractivity contribution in [3.05, 3.63) is 58.9 Å². The molecule has 1 N–H and O–H groups in total. The van der Waals surface area contributed by atoms with Gasteiger partial charge in [0.25, 0.3) is 0 Å². The summed E-state index contributed by atoms with van der Waals surface area (Å²) < 4.78 is 31.6. The van der Waals surface area contributed by atoms with E-state index >= 15 is 0 Å². The minimum Gasteiger partial charge on any atom is -0.487 e. The highest BCUT2D eigenvalue weighted by Gasteiger charge is 2.44. The van der Waals surface area contributed by atoms with E-state index < -0.39 is 24.6 Å². The van der Waals surface area contributed by atoms with Crippen LogP contribution in [0.4, 0.5) is 0 Å². The van der Waals surface area contributed by atoms with Crippen LogP contribution in [0, 0.1) is 13.8 Å². The first-order chi connectivity index (χ1) is 13.7. The van der Waals surface area contributed by atoms with Gasteiger partial charge in [0.15, 0.2) is 5.85 Å². The van der Waals surface area contributed by atoms with Gasteiger partial charge in [-0.15, -0.1) is 0 Å². The van der Waals surface area contributed by atoms with Crippen LogP contribution < -0.4 is 4.74 Å². The molecule has 0 aliphatic rings. The van der Waals surface area contributed by atoms with E-state index in [1.165, 1.54) is 0 Å². The first-order valence-corrected chi connectivity index (χ1v) is 11.7. The van der Waals surface area contributed by atoms with E-state index in [1.807, 2.05) is 30.3 Å². The molecule has 1 atom stereocenters. The quantitative estimate of drug-likeness (QED) is 0.530. The first-order valence-electron chi connectivity index (χ1n) is 10.0. The highest BCUT2D eigenvalue weighted by Crippen LogP contribution is 2.65. The molecule has 1 aromatic carbocycles. The molecule has 7 heteroatoms. The third-order valence-corrected chi connectivity index (χ3v) is 6.50. The lowest BCUT2D eigenvalue weighted by atomic mass is 10.1. The molecule has 0 amide bonds. The number of pyridine rings is 1. The predicted molar refractivity (Wildman–Crippen MR) is 119 cm³/mol. The summed E-state index contributed by atoms with van der Waals surface area (Å²) in [6, 6.07) is 9.69. The van der Waals surface area contributed by atoms with Crippen LogP contribution in [0.5, 0.6) is 5.75 Å². The summed E-state index contributed by atoms with van der Waals surface area (Å²) in [5.41, 5.74) is 0.996. The highest BCUT2D eigenvalue weighted by molar-refractivity contribution is 7.54. The van der Waals surface area contributed by atoms with Crippen molar-refractivity contribution < 1.29 is 23.5 Å². The Hall–Kier alpha value is -1.72. The molecule has 0 spiro atoms. The molecule has 30 heavy (non-hydrogen) atoms. The van der Waals surface area contributed by atoms with Gasteiger partial charge in [0.2, 0.25) is 0 Å². The molecule has 2 aromatic rings. The summed E-state index contributed by atoms with van der Waals surface area (Å²) in [5.74, 6) is -1.13. The fourth-order valence-corrected chi connectivity index (χ4v) is 5.37. The topological polar surface area (TPSA) is 77.9 Å². The Morgan fingerprint density at radius 2 is 1.53 bits per heavy atom. The Morgan fingerprint density at radius 3 is 2.03 bits per heavy atom. The maximum atomic E-state index is 13.9. The largest absolute Gasteiger partial charge is 0.487 e. The van der Waals surface area contributed by atoms with Gasteiger partial charge in [0.1, 0.15) is 12.4 Å². The van der Waals surface area contributed by atoms with E-state index in [2.05, 4.69) is 4.98 Å². The average Bonchev–Trinajstić information content (AvgIpc) is 2.59. The molecule has 0 fully saturated rings. The first kappa shape index (κ1) is 24.5. The van der Waals surface area contributed by atoms with Gasteiger partial charge in [0, 0.05) is 11.8 Å². The summed E-state index contributed by atoms with van der Waals surface area (Å²) in [6.45, 7) is 14.5. The van der Waals surface area contributed by atoms with Crippen molar-refractivity contribution in [1.29, 1.82) is 0 Å². The van der Waals surface area contributed by atoms with Crippen LogP contribution in [0.15, 0.2) is 36.5 Å². The van der Waals surface area contributed by atoms with Crippen LogP contribution in [0.3, 0.4) is 0 Å². The van der Waals surface area contributed by atoms with Gasteiger partial charge in [-0.2, -0.15) is 0 Å². The van der Waals surface area contributed by atoms with Crippen molar-refractivity contribution in [3.63, 3.8) is 0 Å². The Kier molecular flexibility index (Phi) is 7.52. The van der Waals surface area contributed by atoms with Crippen molar-refractivity contribution in [2.24, 2.45) is 0 Å². The number of ether oxygens (including phenoxy) is 1. The lowest BCUT2D eigenvalue weighted by Crippen LogP contribution is -2.26. The molecule has 2 rings (SSSR count). The number of rotatable bonds is 7. The zero-order chi connectivity index (χ0) is 22.7. The number of hydrogen-bond acceptors (Lipinski definition) is 6. The molecular weight excluding hydrogens is 401 g/mol. The Morgan fingerprint density at radius 1 is 1.00 bits per heavy atom. The number of nitrogens with zero attached hydrogens (tertiary/aromatic N) is 1. The smallest absolute Gasteiger partial charge is 0.364 e. The average molecular weight is 436 g/mol. The summed E-state index contributed by atoms with van der Waals surface area (Å²) in [4.78, 5) is 4.36. The number of aromatic nitrogens is 1. The van der Waals surface area contributed by atoms with Gasteiger partial charge in [-0.3, -0.25) is 9.55 Å². The Bertz CT molecular complexity index is 880. The van der Waals surface area contributed by atoms with E-state index in [-0.39, 0.29) is 6.61 Å². The zero-order valence-electron chi connectivity index (χ0n) is 19.2. The minimum absolute atomic E-state index is 0.289. The monoisotopic (exact) mass is 435 g/mol. The standard InChI is InChI=1S/C23H34NO5P/c1-16-14-24-17(2)20(27-15-18-12-10-9-11-13-18)19(16)21(25)30(26,28-22(3,4)5)29-23(6,7)8/h9-14,21,25H,15H2,1-8H3. The van der Waals surface area contributed by atoms with E-state index in [0.717, 1.165) is 5.56 Å². The molecular formula is C23H34NO5P. The van der Waals surface area contributed by atoms with E-state index in [0.29, 0.717) is 22.6 Å². The van der Waals surface area contributed by atoms with Gasteiger partial charge in [-0.05, 0) is 66.5 Å². The van der Waals surface area contributed by atoms with Gasteiger partial charge in [0.05, 0.1) is 16.9 Å². The van der Waals surface area contributed by atoms with Crippen molar-refractivity contribution in [2.75, 3.05) is 0 Å². The number of aliphatic hydroxyl groups is 1. The van der Waals surface area contributed by atoms with E-state index in [1.54, 1.807) is 61.6 Å². The SMILES string of the molecule is Cc1cnc(C)c(OCc2ccccc2)c1C(O)P(=O)(OC(C)(C)C)OC(C)(C)C. The second-order valence-electron chi connectivity index (χ2n) is 9.36. The predicted octanol–water partition coefficient (Wildman–Crippen LogP) is 6.09. The molecule has 1 aromatic heterocycles. The number of aryl methyl sites for hydroxylation is 2. The summed E-state index contributed by atoms with van der Waals surface area (Å²) in [5, 5.41) is 11.3. The molecule has 0 aliphatic carbocycles. The summed E-state index contributed by atoms with van der Waals surface area (Å²) in [6.07, 6.45) is 1.63. The molecule has 0 saturated carbocycles. The molecule has 0 bridgehead atoms. The lowest BCUT2D eigenvalue weighted by Gasteiger charge is -2.35. The second kappa shape index (κ2) is 9.19. The van der Waals surface area contributed by atoms with E-state index in [4.69, 9.17) is 13.8 Å². The molecule has 6 nitrogen and oxygen atoms in total. The fraction of sp³-hybridized carbons (Fsp3) is 0.522. The number of benzene rings is 1. The highest BCUT2D eigenvalue weighted by atomic mass is 31.2. The van der Waals surface area contributed by atoms with Gasteiger partial charge in [-0.1, -0.05) is 30.3 Å².